The Morgan fingerprint density at radius 3 is 2.57 bits per heavy atom. The second kappa shape index (κ2) is 6.58. The van der Waals surface area contributed by atoms with Gasteiger partial charge in [0.15, 0.2) is 9.84 Å². The maximum Gasteiger partial charge on any atom is 0.421 e. The van der Waals surface area contributed by atoms with Gasteiger partial charge in [0.05, 0.1) is 30.6 Å². The lowest BCUT2D eigenvalue weighted by Gasteiger charge is -2.33. The Bertz CT molecular complexity index is 612. The van der Waals surface area contributed by atoms with E-state index in [-0.39, 0.29) is 6.61 Å². The summed E-state index contributed by atoms with van der Waals surface area (Å²) in [6, 6.07) is -1.27. The summed E-state index contributed by atoms with van der Waals surface area (Å²) in [4.78, 5) is 21.9. The lowest BCUT2D eigenvalue weighted by atomic mass is 10.2. The Labute approximate surface area is 122 Å². The Hall–Kier alpha value is -1.40. The average Bonchev–Trinajstić information content (AvgIpc) is 2.25. The molecule has 0 aliphatic carbocycles. The van der Waals surface area contributed by atoms with Crippen LogP contribution in [-0.4, -0.2) is 69.0 Å². The minimum atomic E-state index is -4.37. The number of carboxylic acid groups (broad SMARTS) is 1. The van der Waals surface area contributed by atoms with Crippen LogP contribution in [0.4, 0.5) is 4.79 Å². The van der Waals surface area contributed by atoms with Crippen LogP contribution >= 0.6 is 0 Å². The molecule has 2 N–H and O–H groups in total. The fourth-order valence-electron chi connectivity index (χ4n) is 1.87. The van der Waals surface area contributed by atoms with Crippen LogP contribution in [-0.2, 0) is 29.6 Å². The third kappa shape index (κ3) is 5.13. The van der Waals surface area contributed by atoms with E-state index in [1.807, 2.05) is 0 Å². The summed E-state index contributed by atoms with van der Waals surface area (Å²) in [7, 11) is -7.89. The third-order valence-corrected chi connectivity index (χ3v) is 5.90. The summed E-state index contributed by atoms with van der Waals surface area (Å²) in [5, 5.41) is 8.76. The highest BCUT2D eigenvalue weighted by Gasteiger charge is 2.40. The first-order valence-electron chi connectivity index (χ1n) is 5.96. The van der Waals surface area contributed by atoms with E-state index >= 15 is 0 Å². The van der Waals surface area contributed by atoms with E-state index in [0.717, 1.165) is 0 Å². The Kier molecular flexibility index (Phi) is 5.53. The highest BCUT2D eigenvalue weighted by molar-refractivity contribution is 7.92. The van der Waals surface area contributed by atoms with E-state index < -0.39 is 62.6 Å². The van der Waals surface area contributed by atoms with Crippen molar-refractivity contribution in [2.45, 2.75) is 19.4 Å². The quantitative estimate of drug-likeness (QED) is 0.615. The molecule has 1 rings (SSSR count). The molecule has 0 aromatic heterocycles. The van der Waals surface area contributed by atoms with Gasteiger partial charge in [-0.25, -0.2) is 17.9 Å². The molecule has 0 bridgehead atoms. The summed E-state index contributed by atoms with van der Waals surface area (Å²) < 4.78 is 53.7. The fraction of sp³-hybridized carbons (Fsp3) is 0.778. The SMILES string of the molecule is CCOC(=O)NS(=O)(=O)N1CCS(=O)(=O)CC1CC(=O)O. The van der Waals surface area contributed by atoms with E-state index in [1.165, 1.54) is 6.92 Å². The molecule has 1 saturated heterocycles. The molecule has 1 unspecified atom stereocenters. The van der Waals surface area contributed by atoms with Crippen LogP contribution < -0.4 is 4.72 Å². The molecule has 122 valence electrons. The van der Waals surface area contributed by atoms with Crippen molar-refractivity contribution < 1.29 is 36.3 Å². The van der Waals surface area contributed by atoms with Crippen molar-refractivity contribution >= 4 is 32.1 Å². The second-order valence-electron chi connectivity index (χ2n) is 4.30. The van der Waals surface area contributed by atoms with Crippen LogP contribution in [0.5, 0.6) is 0 Å². The number of nitrogens with zero attached hydrogens (tertiary/aromatic N) is 1. The van der Waals surface area contributed by atoms with Gasteiger partial charge in [-0.1, -0.05) is 0 Å². The van der Waals surface area contributed by atoms with Gasteiger partial charge in [0.25, 0.3) is 0 Å². The Morgan fingerprint density at radius 1 is 1.43 bits per heavy atom. The lowest BCUT2D eigenvalue weighted by molar-refractivity contribution is -0.137. The number of carbonyl (C=O) groups excluding carboxylic acids is 1. The van der Waals surface area contributed by atoms with Crippen LogP contribution in [0.15, 0.2) is 0 Å². The van der Waals surface area contributed by atoms with Gasteiger partial charge in [0.2, 0.25) is 0 Å². The van der Waals surface area contributed by atoms with Gasteiger partial charge in [0, 0.05) is 6.54 Å². The number of aliphatic carboxylic acids is 1. The molecule has 0 spiro atoms. The molecule has 21 heavy (non-hydrogen) atoms. The molecular formula is C9H16N2O8S2. The van der Waals surface area contributed by atoms with E-state index in [1.54, 1.807) is 4.72 Å². The maximum absolute atomic E-state index is 12.0. The van der Waals surface area contributed by atoms with Gasteiger partial charge < -0.3 is 9.84 Å². The van der Waals surface area contributed by atoms with Crippen LogP contribution in [0.3, 0.4) is 0 Å². The number of amides is 1. The zero-order valence-corrected chi connectivity index (χ0v) is 12.8. The molecule has 12 heteroatoms. The number of hydrogen-bond acceptors (Lipinski definition) is 7. The third-order valence-electron chi connectivity index (χ3n) is 2.68. The van der Waals surface area contributed by atoms with Crippen LogP contribution in [0, 0.1) is 0 Å². The van der Waals surface area contributed by atoms with Crippen LogP contribution in [0.2, 0.25) is 0 Å². The standard InChI is InChI=1S/C9H16N2O8S2/c1-2-19-9(14)10-21(17,18)11-3-4-20(15,16)6-7(11)5-8(12)13/h7H,2-6H2,1H3,(H,10,14)(H,12,13). The molecule has 1 amide bonds. The fourth-order valence-corrected chi connectivity index (χ4v) is 4.87. The zero-order chi connectivity index (χ0) is 16.3. The number of carboxylic acids is 1. The lowest BCUT2D eigenvalue weighted by Crippen LogP contribution is -2.56. The molecule has 1 heterocycles. The predicted molar refractivity (Wildman–Crippen MR) is 70.5 cm³/mol. The second-order valence-corrected chi connectivity index (χ2v) is 8.16. The topological polar surface area (TPSA) is 147 Å². The van der Waals surface area contributed by atoms with Crippen molar-refractivity contribution in [2.24, 2.45) is 0 Å². The largest absolute Gasteiger partial charge is 0.481 e. The van der Waals surface area contributed by atoms with Gasteiger partial charge in [0.1, 0.15) is 0 Å². The summed E-state index contributed by atoms with van der Waals surface area (Å²) in [5.41, 5.74) is 0. The molecule has 1 aliphatic rings. The first kappa shape index (κ1) is 17.7. The van der Waals surface area contributed by atoms with Crippen molar-refractivity contribution in [1.29, 1.82) is 0 Å². The van der Waals surface area contributed by atoms with Crippen molar-refractivity contribution in [3.63, 3.8) is 0 Å². The van der Waals surface area contributed by atoms with E-state index in [4.69, 9.17) is 5.11 Å². The molecule has 0 radical (unpaired) electrons. The van der Waals surface area contributed by atoms with Crippen molar-refractivity contribution in [3.05, 3.63) is 0 Å². The number of ether oxygens (including phenoxy) is 1. The average molecular weight is 344 g/mol. The van der Waals surface area contributed by atoms with E-state index in [0.29, 0.717) is 4.31 Å². The van der Waals surface area contributed by atoms with Gasteiger partial charge in [-0.15, -0.1) is 0 Å². The molecule has 1 atom stereocenters. The first-order chi connectivity index (χ1) is 9.57. The van der Waals surface area contributed by atoms with Gasteiger partial charge in [-0.3, -0.25) is 4.79 Å². The number of sulfone groups is 1. The summed E-state index contributed by atoms with van der Waals surface area (Å²) in [6.07, 6.45) is -1.89. The number of hydrogen-bond donors (Lipinski definition) is 2. The van der Waals surface area contributed by atoms with Gasteiger partial charge >= 0.3 is 22.3 Å². The maximum atomic E-state index is 12.0. The smallest absolute Gasteiger partial charge is 0.421 e. The van der Waals surface area contributed by atoms with Crippen LogP contribution in [0.25, 0.3) is 0 Å². The van der Waals surface area contributed by atoms with Crippen molar-refractivity contribution in [3.8, 4) is 0 Å². The van der Waals surface area contributed by atoms with E-state index in [2.05, 4.69) is 4.74 Å². The summed E-state index contributed by atoms with van der Waals surface area (Å²) in [6.45, 7) is 1.01. The van der Waals surface area contributed by atoms with Crippen LogP contribution in [0.1, 0.15) is 13.3 Å². The molecule has 1 aliphatic heterocycles. The minimum Gasteiger partial charge on any atom is -0.481 e. The number of rotatable bonds is 5. The summed E-state index contributed by atoms with van der Waals surface area (Å²) >= 11 is 0. The normalized spacial score (nSPS) is 22.4. The monoisotopic (exact) mass is 344 g/mol. The highest BCUT2D eigenvalue weighted by Crippen LogP contribution is 2.18. The number of carbonyl (C=O) groups is 2. The summed E-state index contributed by atoms with van der Waals surface area (Å²) in [5.74, 6) is -2.39. The highest BCUT2D eigenvalue weighted by atomic mass is 32.2. The molecular weight excluding hydrogens is 328 g/mol. The Morgan fingerprint density at radius 2 is 2.05 bits per heavy atom. The van der Waals surface area contributed by atoms with E-state index in [9.17, 15) is 26.4 Å². The molecule has 0 aromatic carbocycles. The molecule has 0 saturated carbocycles. The molecule has 0 aromatic rings. The van der Waals surface area contributed by atoms with Gasteiger partial charge in [-0.05, 0) is 6.92 Å². The molecule has 10 nitrogen and oxygen atoms in total. The molecule has 1 fully saturated rings. The van der Waals surface area contributed by atoms with Crippen molar-refractivity contribution in [1.82, 2.24) is 9.03 Å². The first-order valence-corrected chi connectivity index (χ1v) is 9.22. The predicted octanol–water partition coefficient (Wildman–Crippen LogP) is -1.45. The number of nitrogens with one attached hydrogen (secondary N) is 1. The van der Waals surface area contributed by atoms with Crippen molar-refractivity contribution in [2.75, 3.05) is 24.7 Å². The zero-order valence-electron chi connectivity index (χ0n) is 11.2. The Balaban J connectivity index is 2.96. The minimum absolute atomic E-state index is 0.0473. The van der Waals surface area contributed by atoms with Gasteiger partial charge in [-0.2, -0.15) is 12.7 Å².